The van der Waals surface area contributed by atoms with Gasteiger partial charge in [0.25, 0.3) is 0 Å². The lowest BCUT2D eigenvalue weighted by atomic mass is 9.68. The number of nitrogens with zero attached hydrogens (tertiary/aromatic N) is 2. The average molecular weight is 434 g/mol. The molecule has 2 unspecified atom stereocenters. The van der Waals surface area contributed by atoms with Gasteiger partial charge in [-0.25, -0.2) is 9.59 Å². The highest BCUT2D eigenvalue weighted by Gasteiger charge is 2.45. The fraction of sp³-hybridized carbons (Fsp3) is 0.400. The molecule has 166 valence electrons. The highest BCUT2D eigenvalue weighted by atomic mass is 16.5. The monoisotopic (exact) mass is 434 g/mol. The van der Waals surface area contributed by atoms with Crippen molar-refractivity contribution in [2.45, 2.75) is 46.0 Å². The Balaban J connectivity index is 2.05. The molecule has 1 aliphatic carbocycles. The first-order valence-electron chi connectivity index (χ1n) is 11.0. The van der Waals surface area contributed by atoms with Gasteiger partial charge in [0.2, 0.25) is 0 Å². The van der Waals surface area contributed by atoms with Crippen LogP contribution in [0.1, 0.15) is 61.9 Å². The minimum Gasteiger partial charge on any atom is -0.463 e. The van der Waals surface area contributed by atoms with Crippen molar-refractivity contribution in [2.24, 2.45) is 10.9 Å². The maximum Gasteiger partial charge on any atom is 0.340 e. The number of ketones is 1. The van der Waals surface area contributed by atoms with Crippen LogP contribution in [0.4, 0.5) is 0 Å². The second-order valence-corrected chi connectivity index (χ2v) is 7.92. The van der Waals surface area contributed by atoms with E-state index in [9.17, 15) is 14.4 Å². The molecule has 1 aromatic carbocycles. The normalized spacial score (nSPS) is 20.6. The summed E-state index contributed by atoms with van der Waals surface area (Å²) in [4.78, 5) is 48.4. The van der Waals surface area contributed by atoms with Gasteiger partial charge in [-0.3, -0.25) is 14.8 Å². The molecule has 0 spiro atoms. The minimum atomic E-state index is -0.693. The highest BCUT2D eigenvalue weighted by molar-refractivity contribution is 6.13. The first kappa shape index (κ1) is 21.9. The van der Waals surface area contributed by atoms with Crippen LogP contribution in [0, 0.1) is 5.92 Å². The van der Waals surface area contributed by atoms with Crippen molar-refractivity contribution in [3.8, 4) is 0 Å². The van der Waals surface area contributed by atoms with Crippen LogP contribution in [0.3, 0.4) is 0 Å². The van der Waals surface area contributed by atoms with Crippen LogP contribution in [0.2, 0.25) is 0 Å². The molecular weight excluding hydrogens is 408 g/mol. The number of aliphatic imine (C=N–C) groups is 1. The van der Waals surface area contributed by atoms with Gasteiger partial charge in [-0.2, -0.15) is 0 Å². The van der Waals surface area contributed by atoms with E-state index >= 15 is 0 Å². The fourth-order valence-electron chi connectivity index (χ4n) is 4.78. The van der Waals surface area contributed by atoms with Crippen LogP contribution in [0.5, 0.6) is 0 Å². The van der Waals surface area contributed by atoms with Gasteiger partial charge in [0, 0.05) is 35.3 Å². The number of allylic oxidation sites excluding steroid dienone is 1. The SMILES string of the molecule is CCOC(=O)C1=C(C)N=C2CCCC(=O)C2C1c1c(C(=O)OCC)cnc2ccccc12. The number of carbonyl (C=O) groups is 3. The summed E-state index contributed by atoms with van der Waals surface area (Å²) in [6.07, 6.45) is 3.29. The number of aromatic nitrogens is 1. The van der Waals surface area contributed by atoms with Crippen LogP contribution in [0.15, 0.2) is 46.7 Å². The molecule has 0 N–H and O–H groups in total. The number of hydrogen-bond acceptors (Lipinski definition) is 7. The Bertz CT molecular complexity index is 1160. The molecule has 7 nitrogen and oxygen atoms in total. The van der Waals surface area contributed by atoms with Gasteiger partial charge in [-0.1, -0.05) is 18.2 Å². The second-order valence-electron chi connectivity index (χ2n) is 7.92. The summed E-state index contributed by atoms with van der Waals surface area (Å²) >= 11 is 0. The third kappa shape index (κ3) is 3.72. The number of hydrogen-bond donors (Lipinski definition) is 0. The Hall–Kier alpha value is -3.35. The maximum atomic E-state index is 13.2. The van der Waals surface area contributed by atoms with Gasteiger partial charge in [0.15, 0.2) is 0 Å². The molecule has 4 rings (SSSR count). The Labute approximate surface area is 186 Å². The molecule has 1 aliphatic heterocycles. The zero-order chi connectivity index (χ0) is 22.8. The van der Waals surface area contributed by atoms with Crippen molar-refractivity contribution in [1.82, 2.24) is 4.98 Å². The zero-order valence-corrected chi connectivity index (χ0v) is 18.5. The summed E-state index contributed by atoms with van der Waals surface area (Å²) in [5.41, 5.74) is 3.09. The molecule has 1 fully saturated rings. The molecule has 2 atom stereocenters. The van der Waals surface area contributed by atoms with Crippen molar-refractivity contribution in [3.63, 3.8) is 0 Å². The fourth-order valence-corrected chi connectivity index (χ4v) is 4.78. The lowest BCUT2D eigenvalue weighted by molar-refractivity contribution is -0.139. The van der Waals surface area contributed by atoms with Crippen LogP contribution in [0.25, 0.3) is 10.9 Å². The van der Waals surface area contributed by atoms with E-state index in [4.69, 9.17) is 9.47 Å². The first-order chi connectivity index (χ1) is 15.5. The standard InChI is InChI=1S/C25H26N2O5/c1-4-31-24(29)16-13-26-17-10-7-6-9-15(17)21(16)23-20(25(30)32-5-2)14(3)27-18-11-8-12-19(28)22(18)23/h6-7,9-10,13,22-23H,4-5,8,11-12H2,1-3H3. The lowest BCUT2D eigenvalue weighted by Crippen LogP contribution is -2.39. The Kier molecular flexibility index (Phi) is 6.17. The first-order valence-corrected chi connectivity index (χ1v) is 11.0. The number of rotatable bonds is 5. The summed E-state index contributed by atoms with van der Waals surface area (Å²) in [5.74, 6) is -2.35. The van der Waals surface area contributed by atoms with Gasteiger partial charge in [0.1, 0.15) is 5.78 Å². The number of carbonyl (C=O) groups excluding carboxylic acids is 3. The third-order valence-electron chi connectivity index (χ3n) is 6.03. The van der Waals surface area contributed by atoms with E-state index in [0.717, 1.165) is 12.1 Å². The van der Waals surface area contributed by atoms with Gasteiger partial charge < -0.3 is 9.47 Å². The molecule has 2 aliphatic rings. The Morgan fingerprint density at radius 2 is 1.75 bits per heavy atom. The van der Waals surface area contributed by atoms with Gasteiger partial charge >= 0.3 is 11.9 Å². The Morgan fingerprint density at radius 1 is 1.03 bits per heavy atom. The number of esters is 2. The lowest BCUT2D eigenvalue weighted by Gasteiger charge is -2.36. The number of fused-ring (bicyclic) bond motifs is 2. The van der Waals surface area contributed by atoms with Crippen molar-refractivity contribution in [2.75, 3.05) is 13.2 Å². The number of para-hydroxylation sites is 1. The van der Waals surface area contributed by atoms with Crippen LogP contribution < -0.4 is 0 Å². The average Bonchev–Trinajstić information content (AvgIpc) is 2.78. The maximum absolute atomic E-state index is 13.2. The minimum absolute atomic E-state index is 0.0185. The molecule has 1 aromatic heterocycles. The molecule has 0 radical (unpaired) electrons. The van der Waals surface area contributed by atoms with E-state index in [2.05, 4.69) is 9.98 Å². The van der Waals surface area contributed by atoms with Crippen molar-refractivity contribution >= 4 is 34.3 Å². The smallest absolute Gasteiger partial charge is 0.340 e. The van der Waals surface area contributed by atoms with Crippen molar-refractivity contribution in [1.29, 1.82) is 0 Å². The summed E-state index contributed by atoms with van der Waals surface area (Å²) < 4.78 is 10.7. The molecule has 2 aromatic rings. The number of pyridine rings is 1. The molecule has 1 saturated carbocycles. The molecule has 32 heavy (non-hydrogen) atoms. The molecule has 2 heterocycles. The number of Topliss-reactive ketones (excluding diaryl/α,β-unsaturated/α-hetero) is 1. The van der Waals surface area contributed by atoms with E-state index in [0.29, 0.717) is 40.6 Å². The van der Waals surface area contributed by atoms with Crippen LogP contribution >= 0.6 is 0 Å². The molecule has 0 bridgehead atoms. The number of ether oxygens (including phenoxy) is 2. The third-order valence-corrected chi connectivity index (χ3v) is 6.03. The van der Waals surface area contributed by atoms with Crippen molar-refractivity contribution in [3.05, 3.63) is 52.9 Å². The van der Waals surface area contributed by atoms with E-state index < -0.39 is 23.8 Å². The summed E-state index contributed by atoms with van der Waals surface area (Å²) in [6.45, 7) is 5.62. The van der Waals surface area contributed by atoms with Gasteiger partial charge in [0.05, 0.1) is 35.8 Å². The largest absolute Gasteiger partial charge is 0.463 e. The van der Waals surface area contributed by atoms with E-state index in [1.165, 1.54) is 6.20 Å². The predicted octanol–water partition coefficient (Wildman–Crippen LogP) is 4.16. The second kappa shape index (κ2) is 9.02. The van der Waals surface area contributed by atoms with Gasteiger partial charge in [-0.15, -0.1) is 0 Å². The number of benzene rings is 1. The van der Waals surface area contributed by atoms with E-state index in [1.54, 1.807) is 20.8 Å². The Morgan fingerprint density at radius 3 is 2.50 bits per heavy atom. The van der Waals surface area contributed by atoms with Gasteiger partial charge in [-0.05, 0) is 45.2 Å². The zero-order valence-electron chi connectivity index (χ0n) is 18.5. The summed E-state index contributed by atoms with van der Waals surface area (Å²) in [6, 6.07) is 7.41. The van der Waals surface area contributed by atoms with Crippen LogP contribution in [-0.2, 0) is 19.1 Å². The quantitative estimate of drug-likeness (QED) is 0.656. The van der Waals surface area contributed by atoms with E-state index in [-0.39, 0.29) is 24.6 Å². The summed E-state index contributed by atoms with van der Waals surface area (Å²) in [5, 5.41) is 0.706. The molecule has 0 amide bonds. The predicted molar refractivity (Wildman–Crippen MR) is 120 cm³/mol. The molecule has 7 heteroatoms. The topological polar surface area (TPSA) is 94.9 Å². The molecular formula is C25H26N2O5. The van der Waals surface area contributed by atoms with Crippen LogP contribution in [-0.4, -0.2) is 41.6 Å². The van der Waals surface area contributed by atoms with E-state index in [1.807, 2.05) is 24.3 Å². The molecule has 0 saturated heterocycles. The summed E-state index contributed by atoms with van der Waals surface area (Å²) in [7, 11) is 0. The highest BCUT2D eigenvalue weighted by Crippen LogP contribution is 2.46. The van der Waals surface area contributed by atoms with Crippen molar-refractivity contribution < 1.29 is 23.9 Å².